The molecule has 0 radical (unpaired) electrons. The van der Waals surface area contributed by atoms with E-state index >= 15 is 0 Å². The molecule has 4 rings (SSSR count). The number of carbonyl (C=O) groups is 2. The van der Waals surface area contributed by atoms with E-state index in [2.05, 4.69) is 17.5 Å². The second-order valence-corrected chi connectivity index (χ2v) is 9.10. The van der Waals surface area contributed by atoms with Gasteiger partial charge in [0.15, 0.2) is 0 Å². The van der Waals surface area contributed by atoms with Gasteiger partial charge in [0.25, 0.3) is 0 Å². The summed E-state index contributed by atoms with van der Waals surface area (Å²) in [6.45, 7) is 2.74. The molecule has 3 aromatic rings. The Bertz CT molecular complexity index is 1230. The first kappa shape index (κ1) is 24.8. The van der Waals surface area contributed by atoms with Crippen LogP contribution in [0.1, 0.15) is 30.0 Å². The fourth-order valence-corrected chi connectivity index (χ4v) is 4.22. The first-order valence-electron chi connectivity index (χ1n) is 11.3. The zero-order chi connectivity index (χ0) is 24.8. The van der Waals surface area contributed by atoms with Crippen LogP contribution in [0.2, 0.25) is 10.0 Å². The number of hydrogen-bond acceptors (Lipinski definition) is 4. The summed E-state index contributed by atoms with van der Waals surface area (Å²) in [5.41, 5.74) is 6.20. The Morgan fingerprint density at radius 2 is 1.86 bits per heavy atom. The van der Waals surface area contributed by atoms with E-state index in [0.29, 0.717) is 28.9 Å². The maximum atomic E-state index is 12.5. The molecule has 180 valence electrons. The lowest BCUT2D eigenvalue weighted by Gasteiger charge is -2.16. The molecular weight excluding hydrogens is 485 g/mol. The van der Waals surface area contributed by atoms with Crippen molar-refractivity contribution in [2.24, 2.45) is 11.0 Å². The van der Waals surface area contributed by atoms with Crippen LogP contribution in [0.15, 0.2) is 71.8 Å². The molecule has 0 aliphatic carbocycles. The minimum absolute atomic E-state index is 0.0612. The number of aryl methyl sites for hydroxylation is 1. The summed E-state index contributed by atoms with van der Waals surface area (Å²) in [7, 11) is 0. The molecule has 0 bridgehead atoms. The topological polar surface area (TPSA) is 71.0 Å². The van der Waals surface area contributed by atoms with Crippen LogP contribution in [0.25, 0.3) is 0 Å². The van der Waals surface area contributed by atoms with Gasteiger partial charge in [-0.3, -0.25) is 9.59 Å². The number of ether oxygens (including phenoxy) is 1. The number of nitrogens with zero attached hydrogens (tertiary/aromatic N) is 2. The largest absolute Gasteiger partial charge is 0.489 e. The number of hydrazone groups is 1. The van der Waals surface area contributed by atoms with Gasteiger partial charge in [-0.15, -0.1) is 0 Å². The lowest BCUT2D eigenvalue weighted by molar-refractivity contribution is -0.126. The molecule has 1 fully saturated rings. The zero-order valence-corrected chi connectivity index (χ0v) is 20.7. The van der Waals surface area contributed by atoms with Crippen molar-refractivity contribution in [1.82, 2.24) is 5.43 Å². The van der Waals surface area contributed by atoms with Crippen molar-refractivity contribution in [3.63, 3.8) is 0 Å². The van der Waals surface area contributed by atoms with Crippen molar-refractivity contribution >= 4 is 46.9 Å². The first-order chi connectivity index (χ1) is 16.9. The highest BCUT2D eigenvalue weighted by Gasteiger charge is 2.35. The van der Waals surface area contributed by atoms with Gasteiger partial charge in [-0.1, -0.05) is 48.3 Å². The Hall–Kier alpha value is -3.35. The molecule has 1 saturated heterocycles. The van der Waals surface area contributed by atoms with Crippen LogP contribution in [0.4, 0.5) is 5.69 Å². The number of halogens is 2. The number of rotatable bonds is 8. The van der Waals surface area contributed by atoms with Crippen molar-refractivity contribution < 1.29 is 14.3 Å². The predicted octanol–water partition coefficient (Wildman–Crippen LogP) is 5.64. The third kappa shape index (κ3) is 6.41. The normalized spacial score (nSPS) is 15.6. The van der Waals surface area contributed by atoms with E-state index in [-0.39, 0.29) is 18.2 Å². The van der Waals surface area contributed by atoms with Crippen LogP contribution >= 0.6 is 23.2 Å². The molecule has 1 aliphatic heterocycles. The average Bonchev–Trinajstić information content (AvgIpc) is 3.26. The Labute approximate surface area is 214 Å². The summed E-state index contributed by atoms with van der Waals surface area (Å²) in [4.78, 5) is 26.6. The molecule has 1 N–H and O–H groups in total. The Balaban J connectivity index is 1.27. The van der Waals surface area contributed by atoms with E-state index in [9.17, 15) is 9.59 Å². The van der Waals surface area contributed by atoms with Gasteiger partial charge in [-0.2, -0.15) is 5.10 Å². The van der Waals surface area contributed by atoms with Crippen LogP contribution in [0.3, 0.4) is 0 Å². The molecule has 1 aliphatic rings. The van der Waals surface area contributed by atoms with Gasteiger partial charge in [-0.05, 0) is 66.1 Å². The second kappa shape index (κ2) is 11.4. The maximum Gasteiger partial charge on any atom is 0.245 e. The molecular formula is C27H25Cl2N3O3. The highest BCUT2D eigenvalue weighted by atomic mass is 35.5. The van der Waals surface area contributed by atoms with Crippen LogP contribution in [0.5, 0.6) is 5.75 Å². The highest BCUT2D eigenvalue weighted by molar-refractivity contribution is 6.35. The standard InChI is InChI=1S/C27H25Cl2N3O3/c1-2-18-3-9-23(10-4-18)32-16-21(13-26(32)33)27(34)31-30-15-19-5-11-24(12-6-19)35-17-20-7-8-22(28)14-25(20)29/h3-12,14-15,21H,2,13,16-17H2,1H3,(H,31,34)/b30-15+/t21-/m0/s1. The van der Waals surface area contributed by atoms with E-state index < -0.39 is 5.92 Å². The monoisotopic (exact) mass is 509 g/mol. The molecule has 0 aromatic heterocycles. The molecule has 0 unspecified atom stereocenters. The van der Waals surface area contributed by atoms with Gasteiger partial charge in [-0.25, -0.2) is 5.43 Å². The number of carbonyl (C=O) groups excluding carboxylic acids is 2. The molecule has 35 heavy (non-hydrogen) atoms. The predicted molar refractivity (Wildman–Crippen MR) is 139 cm³/mol. The van der Waals surface area contributed by atoms with E-state index in [1.165, 1.54) is 5.56 Å². The fraction of sp³-hybridized carbons (Fsp3) is 0.222. The van der Waals surface area contributed by atoms with Gasteiger partial charge >= 0.3 is 0 Å². The molecule has 8 heteroatoms. The first-order valence-corrected chi connectivity index (χ1v) is 12.1. The molecule has 1 heterocycles. The Morgan fingerprint density at radius 1 is 1.11 bits per heavy atom. The van der Waals surface area contributed by atoms with Crippen molar-refractivity contribution in [3.8, 4) is 5.75 Å². The summed E-state index contributed by atoms with van der Waals surface area (Å²) in [5, 5.41) is 5.18. The average molecular weight is 510 g/mol. The van der Waals surface area contributed by atoms with Crippen LogP contribution in [-0.2, 0) is 22.6 Å². The minimum atomic E-state index is -0.444. The summed E-state index contributed by atoms with van der Waals surface area (Å²) >= 11 is 12.1. The van der Waals surface area contributed by atoms with Crippen LogP contribution < -0.4 is 15.1 Å². The van der Waals surface area contributed by atoms with E-state index in [1.54, 1.807) is 23.2 Å². The minimum Gasteiger partial charge on any atom is -0.489 e. The number of amides is 2. The lowest BCUT2D eigenvalue weighted by atomic mass is 10.1. The summed E-state index contributed by atoms with van der Waals surface area (Å²) in [5.74, 6) is -0.106. The van der Waals surface area contributed by atoms with Crippen molar-refractivity contribution in [2.45, 2.75) is 26.4 Å². The number of anilines is 1. The number of nitrogens with one attached hydrogen (secondary N) is 1. The molecule has 2 amide bonds. The third-order valence-electron chi connectivity index (χ3n) is 5.83. The van der Waals surface area contributed by atoms with Gasteiger partial charge in [0, 0.05) is 34.3 Å². The fourth-order valence-electron chi connectivity index (χ4n) is 3.76. The quantitative estimate of drug-likeness (QED) is 0.315. The SMILES string of the molecule is CCc1ccc(N2C[C@@H](C(=O)N/N=C/c3ccc(OCc4ccc(Cl)cc4Cl)cc3)CC2=O)cc1. The summed E-state index contributed by atoms with van der Waals surface area (Å²) in [6.07, 6.45) is 2.65. The molecule has 1 atom stereocenters. The Kier molecular flexibility index (Phi) is 8.06. The van der Waals surface area contributed by atoms with Crippen LogP contribution in [0, 0.1) is 5.92 Å². The van der Waals surface area contributed by atoms with Crippen LogP contribution in [-0.4, -0.2) is 24.6 Å². The third-order valence-corrected chi connectivity index (χ3v) is 6.42. The molecule has 3 aromatic carbocycles. The van der Waals surface area contributed by atoms with Crippen molar-refractivity contribution in [3.05, 3.63) is 93.5 Å². The maximum absolute atomic E-state index is 12.5. The van der Waals surface area contributed by atoms with Gasteiger partial charge in [0.2, 0.25) is 11.8 Å². The van der Waals surface area contributed by atoms with Gasteiger partial charge < -0.3 is 9.64 Å². The van der Waals surface area contributed by atoms with Crippen molar-refractivity contribution in [2.75, 3.05) is 11.4 Å². The van der Waals surface area contributed by atoms with Gasteiger partial charge in [0.05, 0.1) is 12.1 Å². The second-order valence-electron chi connectivity index (χ2n) is 8.25. The highest BCUT2D eigenvalue weighted by Crippen LogP contribution is 2.26. The van der Waals surface area contributed by atoms with E-state index in [4.69, 9.17) is 27.9 Å². The van der Waals surface area contributed by atoms with Crippen molar-refractivity contribution in [1.29, 1.82) is 0 Å². The summed E-state index contributed by atoms with van der Waals surface area (Å²) < 4.78 is 5.77. The molecule has 0 saturated carbocycles. The lowest BCUT2D eigenvalue weighted by Crippen LogP contribution is -2.30. The summed E-state index contributed by atoms with van der Waals surface area (Å²) in [6, 6.07) is 20.4. The molecule has 6 nitrogen and oxygen atoms in total. The smallest absolute Gasteiger partial charge is 0.245 e. The number of benzene rings is 3. The number of hydrogen-bond donors (Lipinski definition) is 1. The van der Waals surface area contributed by atoms with Gasteiger partial charge in [0.1, 0.15) is 12.4 Å². The van der Waals surface area contributed by atoms with E-state index in [0.717, 1.165) is 23.2 Å². The Morgan fingerprint density at radius 3 is 2.54 bits per heavy atom. The van der Waals surface area contributed by atoms with E-state index in [1.807, 2.05) is 54.6 Å². The molecule has 0 spiro atoms. The zero-order valence-electron chi connectivity index (χ0n) is 19.2.